The number of hydrogen-bond donors (Lipinski definition) is 1. The maximum absolute atomic E-state index is 11.9. The van der Waals surface area contributed by atoms with Gasteiger partial charge in [0.15, 0.2) is 0 Å². The Bertz CT molecular complexity index is 643. The molecule has 16 heavy (non-hydrogen) atoms. The van der Waals surface area contributed by atoms with Gasteiger partial charge in [0.1, 0.15) is 0 Å². The third-order valence-corrected chi connectivity index (χ3v) is 2.56. The molecule has 5 nitrogen and oxygen atoms in total. The summed E-state index contributed by atoms with van der Waals surface area (Å²) in [4.78, 5) is 27.1. The Morgan fingerprint density at radius 3 is 2.75 bits per heavy atom. The topological polar surface area (TPSA) is 78.0 Å². The molecule has 0 unspecified atom stereocenters. The Kier molecular flexibility index (Phi) is 2.23. The lowest BCUT2D eigenvalue weighted by atomic mass is 10.1. The van der Waals surface area contributed by atoms with Crippen molar-refractivity contribution in [2.24, 2.45) is 5.73 Å². The van der Waals surface area contributed by atoms with Gasteiger partial charge < -0.3 is 5.73 Å². The molecule has 0 atom stereocenters. The number of hydrogen-bond acceptors (Lipinski definition) is 3. The zero-order chi connectivity index (χ0) is 11.9. The number of rotatable bonds is 0. The van der Waals surface area contributed by atoms with Crippen LogP contribution in [0.4, 0.5) is 4.79 Å². The highest BCUT2D eigenvalue weighted by atomic mass is 16.2. The highest BCUT2D eigenvalue weighted by Gasteiger charge is 2.08. The molecule has 5 heteroatoms. The summed E-state index contributed by atoms with van der Waals surface area (Å²) in [5.41, 5.74) is 7.00. The average Bonchev–Trinajstić information content (AvgIpc) is 2.21. The van der Waals surface area contributed by atoms with Crippen LogP contribution in [0.15, 0.2) is 23.1 Å². The molecule has 2 heterocycles. The Morgan fingerprint density at radius 2 is 2.12 bits per heavy atom. The number of primary amides is 1. The van der Waals surface area contributed by atoms with E-state index in [0.29, 0.717) is 10.9 Å². The van der Waals surface area contributed by atoms with E-state index in [1.54, 1.807) is 12.1 Å². The second kappa shape index (κ2) is 3.44. The van der Waals surface area contributed by atoms with E-state index in [1.807, 2.05) is 13.8 Å². The smallest absolute Gasteiger partial charge is 0.325 e. The first kappa shape index (κ1) is 10.4. The first-order valence-corrected chi connectivity index (χ1v) is 4.80. The molecule has 0 aromatic carbocycles. The van der Waals surface area contributed by atoms with Crippen LogP contribution in [0.2, 0.25) is 0 Å². The van der Waals surface area contributed by atoms with Crippen molar-refractivity contribution in [3.05, 3.63) is 39.9 Å². The van der Waals surface area contributed by atoms with E-state index < -0.39 is 11.6 Å². The van der Waals surface area contributed by atoms with Gasteiger partial charge in [-0.25, -0.2) is 9.36 Å². The Hall–Kier alpha value is -2.17. The number of fused-ring (bicyclic) bond motifs is 1. The van der Waals surface area contributed by atoms with Gasteiger partial charge in [-0.05, 0) is 31.5 Å². The van der Waals surface area contributed by atoms with E-state index in [9.17, 15) is 9.59 Å². The number of nitrogens with two attached hydrogens (primary N) is 1. The molecular weight excluding hydrogens is 206 g/mol. The SMILES string of the molecule is Cc1cc2c(=O)n(C(N)=O)ccc2nc1C. The monoisotopic (exact) mass is 217 g/mol. The van der Waals surface area contributed by atoms with Gasteiger partial charge in [0.2, 0.25) is 0 Å². The van der Waals surface area contributed by atoms with Gasteiger partial charge in [-0.3, -0.25) is 9.78 Å². The second-order valence-electron chi connectivity index (χ2n) is 3.65. The van der Waals surface area contributed by atoms with Crippen LogP contribution in [-0.2, 0) is 0 Å². The summed E-state index contributed by atoms with van der Waals surface area (Å²) in [5.74, 6) is 0. The van der Waals surface area contributed by atoms with E-state index >= 15 is 0 Å². The summed E-state index contributed by atoms with van der Waals surface area (Å²) in [6.07, 6.45) is 1.34. The molecule has 0 saturated heterocycles. The van der Waals surface area contributed by atoms with Crippen LogP contribution in [0.25, 0.3) is 10.9 Å². The average molecular weight is 217 g/mol. The highest BCUT2D eigenvalue weighted by Crippen LogP contribution is 2.11. The van der Waals surface area contributed by atoms with Gasteiger partial charge in [-0.2, -0.15) is 0 Å². The largest absolute Gasteiger partial charge is 0.351 e. The lowest BCUT2D eigenvalue weighted by Gasteiger charge is -2.04. The molecule has 0 spiro atoms. The molecule has 0 aliphatic carbocycles. The van der Waals surface area contributed by atoms with Crippen LogP contribution in [0.1, 0.15) is 11.3 Å². The highest BCUT2D eigenvalue weighted by molar-refractivity contribution is 5.83. The van der Waals surface area contributed by atoms with Crippen LogP contribution >= 0.6 is 0 Å². The minimum atomic E-state index is -0.787. The molecule has 0 bridgehead atoms. The standard InChI is InChI=1S/C11H11N3O2/c1-6-5-8-9(13-7(6)2)3-4-14(10(8)15)11(12)16/h3-5H,1-2H3,(H2,12,16). The number of carbonyl (C=O) groups excluding carboxylic acids is 1. The molecule has 2 rings (SSSR count). The second-order valence-corrected chi connectivity index (χ2v) is 3.65. The van der Waals surface area contributed by atoms with E-state index in [0.717, 1.165) is 15.8 Å². The van der Waals surface area contributed by atoms with Crippen molar-refractivity contribution >= 4 is 16.9 Å². The van der Waals surface area contributed by atoms with E-state index in [2.05, 4.69) is 4.98 Å². The molecule has 0 fully saturated rings. The van der Waals surface area contributed by atoms with E-state index in [-0.39, 0.29) is 0 Å². The van der Waals surface area contributed by atoms with Crippen molar-refractivity contribution in [2.45, 2.75) is 13.8 Å². The van der Waals surface area contributed by atoms with Crippen LogP contribution in [0.5, 0.6) is 0 Å². The fourth-order valence-electron chi connectivity index (χ4n) is 1.54. The molecular formula is C11H11N3O2. The summed E-state index contributed by atoms with van der Waals surface area (Å²) >= 11 is 0. The normalized spacial score (nSPS) is 10.6. The van der Waals surface area contributed by atoms with Gasteiger partial charge in [-0.1, -0.05) is 0 Å². The van der Waals surface area contributed by atoms with E-state index in [1.165, 1.54) is 6.20 Å². The molecule has 2 aromatic rings. The summed E-state index contributed by atoms with van der Waals surface area (Å²) in [7, 11) is 0. The summed E-state index contributed by atoms with van der Waals surface area (Å²) in [6, 6.07) is 2.54. The van der Waals surface area contributed by atoms with Gasteiger partial charge in [0.25, 0.3) is 5.56 Å². The third-order valence-electron chi connectivity index (χ3n) is 2.56. The zero-order valence-electron chi connectivity index (χ0n) is 9.02. The van der Waals surface area contributed by atoms with Gasteiger partial charge in [0, 0.05) is 11.9 Å². The van der Waals surface area contributed by atoms with Gasteiger partial charge in [-0.15, -0.1) is 0 Å². The quantitative estimate of drug-likeness (QED) is 0.713. The van der Waals surface area contributed by atoms with Crippen molar-refractivity contribution in [3.63, 3.8) is 0 Å². The fraction of sp³-hybridized carbons (Fsp3) is 0.182. The first-order chi connectivity index (χ1) is 7.50. The predicted molar refractivity (Wildman–Crippen MR) is 60.5 cm³/mol. The number of amides is 1. The fourth-order valence-corrected chi connectivity index (χ4v) is 1.54. The zero-order valence-corrected chi connectivity index (χ0v) is 9.02. The maximum Gasteiger partial charge on any atom is 0.325 e. The molecule has 1 amide bonds. The molecule has 0 aliphatic heterocycles. The van der Waals surface area contributed by atoms with Gasteiger partial charge >= 0.3 is 6.03 Å². The minimum absolute atomic E-state index is 0.407. The predicted octanol–water partition coefficient (Wildman–Crippen LogP) is 0.940. The lowest BCUT2D eigenvalue weighted by molar-refractivity contribution is 0.249. The van der Waals surface area contributed by atoms with Crippen LogP contribution in [-0.4, -0.2) is 15.6 Å². The molecule has 0 radical (unpaired) electrons. The van der Waals surface area contributed by atoms with Crippen molar-refractivity contribution in [2.75, 3.05) is 0 Å². The summed E-state index contributed by atoms with van der Waals surface area (Å²) in [6.45, 7) is 3.73. The maximum atomic E-state index is 11.9. The minimum Gasteiger partial charge on any atom is -0.351 e. The van der Waals surface area contributed by atoms with Crippen molar-refractivity contribution in [1.82, 2.24) is 9.55 Å². The lowest BCUT2D eigenvalue weighted by Crippen LogP contribution is -2.31. The Balaban J connectivity index is 2.90. The van der Waals surface area contributed by atoms with Crippen LogP contribution < -0.4 is 11.3 Å². The Labute approximate surface area is 91.5 Å². The van der Waals surface area contributed by atoms with Crippen LogP contribution in [0.3, 0.4) is 0 Å². The number of aryl methyl sites for hydroxylation is 2. The van der Waals surface area contributed by atoms with Crippen molar-refractivity contribution < 1.29 is 4.79 Å². The van der Waals surface area contributed by atoms with Crippen molar-refractivity contribution in [1.29, 1.82) is 0 Å². The Morgan fingerprint density at radius 1 is 1.44 bits per heavy atom. The van der Waals surface area contributed by atoms with Crippen molar-refractivity contribution in [3.8, 4) is 0 Å². The molecule has 2 N–H and O–H groups in total. The summed E-state index contributed by atoms with van der Waals surface area (Å²) in [5, 5.41) is 0.407. The number of carbonyl (C=O) groups is 1. The molecule has 82 valence electrons. The third kappa shape index (κ3) is 1.46. The van der Waals surface area contributed by atoms with Crippen LogP contribution in [0, 0.1) is 13.8 Å². The van der Waals surface area contributed by atoms with E-state index in [4.69, 9.17) is 5.73 Å². The first-order valence-electron chi connectivity index (χ1n) is 4.80. The molecule has 2 aromatic heterocycles. The van der Waals surface area contributed by atoms with Gasteiger partial charge in [0.05, 0.1) is 10.9 Å². The molecule has 0 saturated carbocycles. The molecule has 0 aliphatic rings. The number of nitrogens with zero attached hydrogens (tertiary/aromatic N) is 2. The number of aromatic nitrogens is 2. The summed E-state index contributed by atoms with van der Waals surface area (Å²) < 4.78 is 0.874. The number of pyridine rings is 2.